The standard InChI is InChI=1S/C22H32O4P2S4/c1-9-25-19(23)13-17-21(13,5)11(3)15(27(17,29)31-7)16-12(4)22(6)14(20(24)26-10-2)18(22)28(16,30)32-8/h13-14,17-18H,9-10H2,1-8H3. The van der Waals surface area contributed by atoms with Gasteiger partial charge in [0.25, 0.3) is 0 Å². The van der Waals surface area contributed by atoms with Gasteiger partial charge in [0.15, 0.2) is 0 Å². The van der Waals surface area contributed by atoms with Gasteiger partial charge in [-0.25, -0.2) is 0 Å². The monoisotopic (exact) mass is 550 g/mol. The maximum Gasteiger partial charge on any atom is 0.310 e. The van der Waals surface area contributed by atoms with Crippen molar-refractivity contribution >= 4 is 68.8 Å². The summed E-state index contributed by atoms with van der Waals surface area (Å²) in [5, 5.41) is -1.62. The second kappa shape index (κ2) is 7.96. The third-order valence-corrected chi connectivity index (χ3v) is 26.1. The molecule has 0 radical (unpaired) electrons. The summed E-state index contributed by atoms with van der Waals surface area (Å²) in [4.78, 5) is 25.6. The molecule has 0 N–H and O–H groups in total. The van der Waals surface area contributed by atoms with Gasteiger partial charge in [-0.2, -0.15) is 0 Å². The van der Waals surface area contributed by atoms with Crippen molar-refractivity contribution in [2.45, 2.75) is 52.9 Å². The van der Waals surface area contributed by atoms with Crippen LogP contribution in [0.25, 0.3) is 0 Å². The number of ether oxygens (including phenoxy) is 2. The van der Waals surface area contributed by atoms with E-state index in [1.165, 1.54) is 21.8 Å². The van der Waals surface area contributed by atoms with Gasteiger partial charge in [0.05, 0.1) is 25.0 Å². The van der Waals surface area contributed by atoms with Crippen molar-refractivity contribution in [1.82, 2.24) is 0 Å². The van der Waals surface area contributed by atoms with E-state index in [1.54, 1.807) is 22.8 Å². The minimum atomic E-state index is -2.10. The fourth-order valence-corrected chi connectivity index (χ4v) is 24.9. The SMILES string of the molecule is CCOC(=O)C1C2C1(C)C(C)=C(C1=C(C)C3(C)C(C(=O)OCC)C3P1(=S)SC)P2(=S)SC. The molecule has 0 bridgehead atoms. The topological polar surface area (TPSA) is 52.6 Å². The Hall–Kier alpha value is 0.420. The van der Waals surface area contributed by atoms with E-state index in [4.69, 9.17) is 33.1 Å². The normalized spacial score (nSPS) is 46.1. The van der Waals surface area contributed by atoms with Gasteiger partial charge in [-0.15, -0.1) is 22.8 Å². The molecule has 4 nitrogen and oxygen atoms in total. The molecule has 2 heterocycles. The maximum absolute atomic E-state index is 12.8. The Kier molecular flexibility index (Phi) is 6.35. The molecule has 178 valence electrons. The van der Waals surface area contributed by atoms with Gasteiger partial charge in [0.1, 0.15) is 0 Å². The lowest BCUT2D eigenvalue weighted by molar-refractivity contribution is -0.146. The average Bonchev–Trinajstić information content (AvgIpc) is 3.57. The molecule has 4 aliphatic rings. The molecule has 10 heteroatoms. The van der Waals surface area contributed by atoms with Crippen LogP contribution >= 0.6 is 33.2 Å². The van der Waals surface area contributed by atoms with Crippen LogP contribution in [0.1, 0.15) is 41.5 Å². The smallest absolute Gasteiger partial charge is 0.310 e. The second-order valence-electron chi connectivity index (χ2n) is 9.42. The van der Waals surface area contributed by atoms with E-state index >= 15 is 0 Å². The summed E-state index contributed by atoms with van der Waals surface area (Å²) in [5.74, 6) is -0.506. The lowest BCUT2D eigenvalue weighted by Gasteiger charge is -2.31. The van der Waals surface area contributed by atoms with Crippen LogP contribution in [0.2, 0.25) is 0 Å². The average molecular weight is 551 g/mol. The minimum Gasteiger partial charge on any atom is -0.466 e. The van der Waals surface area contributed by atoms with E-state index in [0.717, 1.165) is 0 Å². The third kappa shape index (κ3) is 2.83. The molecule has 8 atom stereocenters. The van der Waals surface area contributed by atoms with Gasteiger partial charge in [0, 0.05) is 43.3 Å². The zero-order valence-electron chi connectivity index (χ0n) is 19.9. The van der Waals surface area contributed by atoms with E-state index in [0.29, 0.717) is 13.2 Å². The Morgan fingerprint density at radius 1 is 0.844 bits per heavy atom. The van der Waals surface area contributed by atoms with Crippen molar-refractivity contribution in [3.63, 3.8) is 0 Å². The van der Waals surface area contributed by atoms with Crippen LogP contribution in [-0.4, -0.2) is 49.0 Å². The van der Waals surface area contributed by atoms with Gasteiger partial charge < -0.3 is 9.47 Å². The summed E-state index contributed by atoms with van der Waals surface area (Å²) in [6.07, 6.45) is 4.19. The summed E-state index contributed by atoms with van der Waals surface area (Å²) < 4.78 is 10.8. The van der Waals surface area contributed by atoms with E-state index in [9.17, 15) is 9.59 Å². The highest BCUT2D eigenvalue weighted by atomic mass is 32.9. The van der Waals surface area contributed by atoms with Crippen LogP contribution < -0.4 is 0 Å². The molecule has 2 aliphatic heterocycles. The van der Waals surface area contributed by atoms with Gasteiger partial charge in [-0.1, -0.05) is 48.6 Å². The van der Waals surface area contributed by atoms with E-state index in [2.05, 4.69) is 40.2 Å². The summed E-state index contributed by atoms with van der Waals surface area (Å²) in [6.45, 7) is 13.2. The van der Waals surface area contributed by atoms with Gasteiger partial charge in [-0.3, -0.25) is 9.59 Å². The predicted octanol–water partition coefficient (Wildman–Crippen LogP) is 6.21. The van der Waals surface area contributed by atoms with E-state index < -0.39 is 10.5 Å². The molecule has 2 saturated carbocycles. The first kappa shape index (κ1) is 25.5. The van der Waals surface area contributed by atoms with Crippen molar-refractivity contribution < 1.29 is 19.1 Å². The molecular weight excluding hydrogens is 518 g/mol. The Bertz CT molecular complexity index is 998. The second-order valence-corrected chi connectivity index (χ2v) is 25.0. The van der Waals surface area contributed by atoms with Crippen molar-refractivity contribution in [1.29, 1.82) is 0 Å². The Morgan fingerprint density at radius 3 is 1.41 bits per heavy atom. The summed E-state index contributed by atoms with van der Waals surface area (Å²) in [7, 11) is 0. The third-order valence-electron chi connectivity index (χ3n) is 8.46. The zero-order chi connectivity index (χ0) is 24.0. The Morgan fingerprint density at radius 2 is 1.16 bits per heavy atom. The fourth-order valence-electron chi connectivity index (χ4n) is 6.52. The number of carbonyl (C=O) groups is 2. The lowest BCUT2D eigenvalue weighted by Crippen LogP contribution is -2.16. The fraction of sp³-hybridized carbons (Fsp3) is 0.727. The van der Waals surface area contributed by atoms with Crippen LogP contribution in [0.15, 0.2) is 21.8 Å². The van der Waals surface area contributed by atoms with E-state index in [-0.39, 0.29) is 45.9 Å². The van der Waals surface area contributed by atoms with Gasteiger partial charge in [-0.05, 0) is 40.2 Å². The van der Waals surface area contributed by atoms with Crippen molar-refractivity contribution in [2.24, 2.45) is 22.7 Å². The number of allylic oxidation sites excluding steroid dienone is 4. The highest BCUT2D eigenvalue weighted by molar-refractivity contribution is 8.74. The molecule has 4 rings (SSSR count). The predicted molar refractivity (Wildman–Crippen MR) is 145 cm³/mol. The molecule has 0 saturated heterocycles. The first-order valence-corrected chi connectivity index (χ1v) is 20.4. The van der Waals surface area contributed by atoms with Crippen molar-refractivity contribution in [3.8, 4) is 0 Å². The number of rotatable bonds is 7. The van der Waals surface area contributed by atoms with E-state index in [1.807, 2.05) is 13.8 Å². The quantitative estimate of drug-likeness (QED) is 0.274. The number of esters is 2. The number of hydrogen-bond acceptors (Lipinski definition) is 8. The van der Waals surface area contributed by atoms with Crippen molar-refractivity contribution in [3.05, 3.63) is 21.8 Å². The van der Waals surface area contributed by atoms with Crippen LogP contribution in [0.3, 0.4) is 0 Å². The van der Waals surface area contributed by atoms with Crippen LogP contribution in [-0.2, 0) is 42.7 Å². The minimum absolute atomic E-state index is 0.111. The largest absolute Gasteiger partial charge is 0.466 e. The first-order chi connectivity index (χ1) is 14.9. The van der Waals surface area contributed by atoms with Crippen LogP contribution in [0.4, 0.5) is 0 Å². The van der Waals surface area contributed by atoms with Gasteiger partial charge >= 0.3 is 11.9 Å². The first-order valence-electron chi connectivity index (χ1n) is 11.0. The van der Waals surface area contributed by atoms with Crippen LogP contribution in [0, 0.1) is 22.7 Å². The van der Waals surface area contributed by atoms with Crippen molar-refractivity contribution in [2.75, 3.05) is 25.7 Å². The molecule has 0 aromatic carbocycles. The molecule has 0 aromatic rings. The number of fused-ring (bicyclic) bond motifs is 2. The van der Waals surface area contributed by atoms with Gasteiger partial charge in [0.2, 0.25) is 0 Å². The van der Waals surface area contributed by atoms with Crippen LogP contribution in [0.5, 0.6) is 0 Å². The summed E-state index contributed by atoms with van der Waals surface area (Å²) in [5.41, 5.74) is 2.30. The molecule has 2 fully saturated rings. The molecule has 0 aromatic heterocycles. The Balaban J connectivity index is 1.87. The number of hydrogen-bond donors (Lipinski definition) is 0. The molecule has 32 heavy (non-hydrogen) atoms. The summed E-state index contributed by atoms with van der Waals surface area (Å²) in [6, 6.07) is 0. The zero-order valence-corrected chi connectivity index (χ0v) is 24.9. The Labute approximate surface area is 210 Å². The summed E-state index contributed by atoms with van der Waals surface area (Å²) >= 11 is 16.5. The lowest BCUT2D eigenvalue weighted by atomic mass is 9.92. The highest BCUT2D eigenvalue weighted by Crippen LogP contribution is 2.97. The molecule has 0 amide bonds. The number of carbonyl (C=O) groups excluding carboxylic acids is 2. The highest BCUT2D eigenvalue weighted by Gasteiger charge is 2.80. The molecular formula is C22H32O4P2S4. The maximum atomic E-state index is 12.8. The molecule has 0 spiro atoms. The molecule has 8 unspecified atom stereocenters. The molecule has 2 aliphatic carbocycles.